The van der Waals surface area contributed by atoms with Crippen molar-refractivity contribution in [3.8, 4) is 44.5 Å². The molecule has 0 atom stereocenters. The van der Waals surface area contributed by atoms with Gasteiger partial charge < -0.3 is 23.1 Å². The Balaban J connectivity index is 0.927. The summed E-state index contributed by atoms with van der Waals surface area (Å²) in [4.78, 5) is 4.76. The Morgan fingerprint density at radius 1 is 0.230 bits per heavy atom. The van der Waals surface area contributed by atoms with Gasteiger partial charge in [-0.25, -0.2) is 0 Å². The predicted octanol–water partition coefficient (Wildman–Crippen LogP) is 23.9. The molecule has 0 bridgehead atoms. The zero-order valence-corrected chi connectivity index (χ0v) is 47.8. The highest BCUT2D eigenvalue weighted by Crippen LogP contribution is 2.53. The molecule has 3 aromatic heterocycles. The summed E-state index contributed by atoms with van der Waals surface area (Å²) in [6.45, 7) is 4.33. The lowest BCUT2D eigenvalue weighted by Gasteiger charge is -2.28. The molecule has 17 rings (SSSR count). The lowest BCUT2D eigenvalue weighted by Crippen LogP contribution is -2.11. The Labute approximate surface area is 502 Å². The molecule has 0 saturated heterocycles. The zero-order valence-electron chi connectivity index (χ0n) is 47.8. The number of para-hydroxylation sites is 4. The topological polar surface area (TPSA) is 45.9 Å². The van der Waals surface area contributed by atoms with E-state index < -0.39 is 0 Å². The summed E-state index contributed by atoms with van der Waals surface area (Å²) in [7, 11) is 0. The monoisotopic (exact) mass is 1110 g/mol. The Morgan fingerprint density at radius 3 is 1.00 bits per heavy atom. The molecule has 0 aliphatic carbocycles. The first kappa shape index (κ1) is 50.1. The Morgan fingerprint density at radius 2 is 0.563 bits per heavy atom. The van der Waals surface area contributed by atoms with Crippen molar-refractivity contribution in [2.24, 2.45) is 0 Å². The fraction of sp³-hybridized carbons (Fsp3) is 0.0244. The quantitative estimate of drug-likeness (QED) is 0.137. The highest BCUT2D eigenvalue weighted by molar-refractivity contribution is 6.31. The maximum atomic E-state index is 7.50. The minimum absolute atomic E-state index is 0.768. The maximum absolute atomic E-state index is 7.50. The molecule has 0 N–H and O–H groups in total. The van der Waals surface area contributed by atoms with E-state index in [2.05, 4.69) is 315 Å². The van der Waals surface area contributed by atoms with Gasteiger partial charge in [0.15, 0.2) is 11.2 Å². The molecule has 0 spiro atoms. The molecule has 0 fully saturated rings. The van der Waals surface area contributed by atoms with Gasteiger partial charge in [-0.2, -0.15) is 0 Å². The van der Waals surface area contributed by atoms with Crippen LogP contribution < -0.4 is 9.80 Å². The van der Waals surface area contributed by atoms with E-state index >= 15 is 0 Å². The number of hydrogen-bond donors (Lipinski definition) is 0. The van der Waals surface area contributed by atoms with Crippen LogP contribution in [0, 0.1) is 13.8 Å². The fourth-order valence-corrected chi connectivity index (χ4v) is 13.7. The summed E-state index contributed by atoms with van der Waals surface area (Å²) in [6, 6.07) is 104. The number of aryl methyl sites for hydroxylation is 2. The van der Waals surface area contributed by atoms with E-state index in [4.69, 9.17) is 13.3 Å². The lowest BCUT2D eigenvalue weighted by molar-refractivity contribution is 0.668. The molecule has 17 aromatic rings. The van der Waals surface area contributed by atoms with Gasteiger partial charge in [-0.05, 0) is 106 Å². The Kier molecular flexibility index (Phi) is 11.6. The first-order chi connectivity index (χ1) is 43.0. The maximum Gasteiger partial charge on any atom is 0.159 e. The number of hydrogen-bond acceptors (Lipinski definition) is 5. The second kappa shape index (κ2) is 20.2. The van der Waals surface area contributed by atoms with Crippen molar-refractivity contribution in [2.45, 2.75) is 13.8 Å². The summed E-state index contributed by atoms with van der Waals surface area (Å²) in [5.41, 5.74) is 21.8. The van der Waals surface area contributed by atoms with Crippen LogP contribution in [0.5, 0.6) is 0 Å². The van der Waals surface area contributed by atoms with E-state index in [9.17, 15) is 0 Å². The molecule has 410 valence electrons. The molecule has 0 aliphatic heterocycles. The lowest BCUT2D eigenvalue weighted by atomic mass is 9.96. The van der Waals surface area contributed by atoms with Gasteiger partial charge in [0.2, 0.25) is 0 Å². The Bertz CT molecular complexity index is 5230. The third-order valence-corrected chi connectivity index (χ3v) is 17.7. The summed E-state index contributed by atoms with van der Waals surface area (Å²) >= 11 is 0. The third-order valence-electron chi connectivity index (χ3n) is 17.7. The molecule has 0 unspecified atom stereocenters. The van der Waals surface area contributed by atoms with Crippen molar-refractivity contribution in [1.82, 2.24) is 0 Å². The van der Waals surface area contributed by atoms with Crippen LogP contribution in [0.15, 0.2) is 304 Å². The van der Waals surface area contributed by atoms with Gasteiger partial charge in [-0.3, -0.25) is 0 Å². The van der Waals surface area contributed by atoms with Crippen LogP contribution in [-0.4, -0.2) is 0 Å². The van der Waals surface area contributed by atoms with E-state index in [0.717, 1.165) is 166 Å². The molecule has 3 heterocycles. The van der Waals surface area contributed by atoms with Crippen LogP contribution in [-0.2, 0) is 0 Å². The van der Waals surface area contributed by atoms with Crippen molar-refractivity contribution in [3.05, 3.63) is 302 Å². The van der Waals surface area contributed by atoms with Crippen LogP contribution in [0.4, 0.5) is 34.1 Å². The summed E-state index contributed by atoms with van der Waals surface area (Å²) in [5.74, 6) is 0. The Hall–Kier alpha value is -11.4. The number of rotatable bonds is 10. The normalized spacial score (nSPS) is 11.8. The molecular weight excluding hydrogens is 1060 g/mol. The van der Waals surface area contributed by atoms with Gasteiger partial charge in [0.05, 0.1) is 22.7 Å². The van der Waals surface area contributed by atoms with E-state index in [1.807, 2.05) is 0 Å². The molecule has 0 aliphatic rings. The second-order valence-electron chi connectivity index (χ2n) is 22.7. The molecule has 5 heteroatoms. The van der Waals surface area contributed by atoms with Crippen molar-refractivity contribution in [1.29, 1.82) is 0 Å². The highest BCUT2D eigenvalue weighted by Gasteiger charge is 2.29. The molecule has 0 saturated carbocycles. The van der Waals surface area contributed by atoms with E-state index in [-0.39, 0.29) is 0 Å². The van der Waals surface area contributed by atoms with Crippen molar-refractivity contribution < 1.29 is 13.3 Å². The van der Waals surface area contributed by atoms with Crippen LogP contribution in [0.1, 0.15) is 11.1 Å². The molecule has 5 nitrogen and oxygen atoms in total. The highest BCUT2D eigenvalue weighted by atomic mass is 16.3. The summed E-state index contributed by atoms with van der Waals surface area (Å²) in [5, 5.41) is 10.6. The van der Waals surface area contributed by atoms with E-state index in [1.165, 1.54) is 11.1 Å². The van der Waals surface area contributed by atoms with Gasteiger partial charge in [-0.1, -0.05) is 243 Å². The minimum Gasteiger partial charge on any atom is -0.456 e. The predicted molar refractivity (Wildman–Crippen MR) is 364 cm³/mol. The van der Waals surface area contributed by atoms with Crippen molar-refractivity contribution >= 4 is 121 Å². The van der Waals surface area contributed by atoms with E-state index in [1.54, 1.807) is 0 Å². The second-order valence-corrected chi connectivity index (χ2v) is 22.7. The number of fused-ring (bicyclic) bond motifs is 13. The van der Waals surface area contributed by atoms with Gasteiger partial charge in [0, 0.05) is 77.7 Å². The average molecular weight is 1120 g/mol. The number of benzene rings is 14. The number of nitrogens with zero attached hydrogens (tertiary/aromatic N) is 2. The van der Waals surface area contributed by atoms with E-state index in [0.29, 0.717) is 0 Å². The third kappa shape index (κ3) is 8.08. The first-order valence-corrected chi connectivity index (χ1v) is 29.7. The molecule has 14 aromatic carbocycles. The SMILES string of the molecule is Cc1ccccc1-c1cccc2c1oc1c(N(c3cccc(-c4ccccc4)c3)c3cc4oc5cc(N(c6cccc(-c7ccccc7)c6)c6cccc7c6oc6c(-c8ccccc8C)cccc67)c6ccccc6c5c4c4ccccc34)cccc12. The largest absolute Gasteiger partial charge is 0.456 e. The summed E-state index contributed by atoms with van der Waals surface area (Å²) in [6.07, 6.45) is 0. The van der Waals surface area contributed by atoms with Crippen molar-refractivity contribution in [3.63, 3.8) is 0 Å². The number of furan rings is 3. The van der Waals surface area contributed by atoms with Gasteiger partial charge in [0.1, 0.15) is 22.3 Å². The molecule has 0 amide bonds. The van der Waals surface area contributed by atoms with Gasteiger partial charge in [-0.15, -0.1) is 0 Å². The molecule has 87 heavy (non-hydrogen) atoms. The number of anilines is 6. The van der Waals surface area contributed by atoms with Crippen LogP contribution in [0.2, 0.25) is 0 Å². The van der Waals surface area contributed by atoms with Crippen LogP contribution >= 0.6 is 0 Å². The molecular formula is C82H54N2O3. The first-order valence-electron chi connectivity index (χ1n) is 29.7. The van der Waals surface area contributed by atoms with Crippen LogP contribution in [0.3, 0.4) is 0 Å². The van der Waals surface area contributed by atoms with Gasteiger partial charge >= 0.3 is 0 Å². The van der Waals surface area contributed by atoms with Crippen molar-refractivity contribution in [2.75, 3.05) is 9.80 Å². The summed E-state index contributed by atoms with van der Waals surface area (Å²) < 4.78 is 22.1. The standard InChI is InChI=1S/C82H54N2O3/c1-51-23-9-11-33-59(51)65-39-19-41-67-69-43-21-45-71(81(69)86-79(65)67)83(57-31-17-29-55(47-57)53-25-5-3-6-26-53)73-49-75-77(63-37-15-13-35-61(63)73)78-64-38-16-14-36-62(64)74(50-76(78)85-75)84(58-32-18-30-56(48-58)54-27-7-4-8-28-54)72-46-22-44-70-68-42-20-40-66(80(68)87-82(70)72)60-34-12-10-24-52(60)2/h3-50H,1-2H3. The minimum atomic E-state index is 0.768. The average Bonchev–Trinajstić information content (AvgIpc) is 2.02. The van der Waals surface area contributed by atoms with Gasteiger partial charge in [0.25, 0.3) is 0 Å². The smallest absolute Gasteiger partial charge is 0.159 e. The molecule has 0 radical (unpaired) electrons. The zero-order chi connectivity index (χ0) is 57.7. The van der Waals surface area contributed by atoms with Crippen LogP contribution in [0.25, 0.3) is 132 Å². The fourth-order valence-electron chi connectivity index (χ4n) is 13.7.